The number of anilines is 1. The Hall–Kier alpha value is -1.11. The molecular weight excluding hydrogens is 274 g/mol. The zero-order valence-corrected chi connectivity index (χ0v) is 13.5. The van der Waals surface area contributed by atoms with Crippen molar-refractivity contribution in [2.24, 2.45) is 5.84 Å². The monoisotopic (exact) mass is 299 g/mol. The van der Waals surface area contributed by atoms with Crippen LogP contribution < -0.4 is 11.3 Å². The average molecular weight is 299 g/mol. The molecule has 6 heteroatoms. The molecule has 0 spiro atoms. The van der Waals surface area contributed by atoms with E-state index in [-0.39, 0.29) is 0 Å². The molecule has 1 aromatic rings. The van der Waals surface area contributed by atoms with E-state index in [1.165, 1.54) is 0 Å². The van der Waals surface area contributed by atoms with Gasteiger partial charge >= 0.3 is 0 Å². The van der Waals surface area contributed by atoms with Gasteiger partial charge in [0.2, 0.25) is 10.0 Å². The van der Waals surface area contributed by atoms with E-state index >= 15 is 0 Å². The van der Waals surface area contributed by atoms with Gasteiger partial charge in [0.05, 0.1) is 4.90 Å². The van der Waals surface area contributed by atoms with Crippen molar-refractivity contribution >= 4 is 15.7 Å². The molecule has 0 unspecified atom stereocenters. The molecule has 0 aliphatic rings. The van der Waals surface area contributed by atoms with Gasteiger partial charge in [-0.25, -0.2) is 8.42 Å². The number of nitrogens with one attached hydrogen (secondary N) is 1. The van der Waals surface area contributed by atoms with Gasteiger partial charge in [0, 0.05) is 18.8 Å². The number of sulfonamides is 1. The maximum Gasteiger partial charge on any atom is 0.243 e. The highest BCUT2D eigenvalue weighted by molar-refractivity contribution is 7.89. The minimum atomic E-state index is -3.45. The molecule has 0 aliphatic carbocycles. The smallest absolute Gasteiger partial charge is 0.243 e. The molecule has 0 bridgehead atoms. The number of hydrogen-bond acceptors (Lipinski definition) is 4. The summed E-state index contributed by atoms with van der Waals surface area (Å²) >= 11 is 0. The van der Waals surface area contributed by atoms with Crippen LogP contribution in [-0.2, 0) is 10.0 Å². The van der Waals surface area contributed by atoms with E-state index in [1.807, 2.05) is 13.8 Å². The molecule has 0 radical (unpaired) electrons. The predicted octanol–water partition coefficient (Wildman–Crippen LogP) is 2.40. The fraction of sp³-hybridized carbons (Fsp3) is 0.571. The first-order valence-corrected chi connectivity index (χ1v) is 8.40. The molecule has 20 heavy (non-hydrogen) atoms. The maximum atomic E-state index is 12.8. The Labute approximate surface area is 122 Å². The molecule has 0 fully saturated rings. The van der Waals surface area contributed by atoms with Crippen molar-refractivity contribution in [3.63, 3.8) is 0 Å². The predicted molar refractivity (Wildman–Crippen MR) is 83.1 cm³/mol. The largest absolute Gasteiger partial charge is 0.324 e. The summed E-state index contributed by atoms with van der Waals surface area (Å²) in [6.07, 6.45) is 1.61. The Morgan fingerprint density at radius 1 is 1.10 bits per heavy atom. The van der Waals surface area contributed by atoms with Crippen LogP contribution in [0.3, 0.4) is 0 Å². The van der Waals surface area contributed by atoms with Gasteiger partial charge in [-0.05, 0) is 49.9 Å². The lowest BCUT2D eigenvalue weighted by molar-refractivity contribution is 0.409. The number of nitrogen functional groups attached to an aromatic ring is 1. The second-order valence-electron chi connectivity index (χ2n) is 4.99. The van der Waals surface area contributed by atoms with E-state index in [2.05, 4.69) is 5.43 Å². The highest BCUT2D eigenvalue weighted by atomic mass is 32.2. The summed E-state index contributed by atoms with van der Waals surface area (Å²) < 4.78 is 27.2. The van der Waals surface area contributed by atoms with Gasteiger partial charge in [-0.15, -0.1) is 0 Å². The molecule has 0 aliphatic heterocycles. The van der Waals surface area contributed by atoms with Gasteiger partial charge in [0.25, 0.3) is 0 Å². The van der Waals surface area contributed by atoms with E-state index in [0.717, 1.165) is 29.7 Å². The van der Waals surface area contributed by atoms with Gasteiger partial charge in [0.15, 0.2) is 0 Å². The van der Waals surface area contributed by atoms with E-state index in [1.54, 1.807) is 30.3 Å². The fourth-order valence-electron chi connectivity index (χ4n) is 2.42. The number of rotatable bonds is 7. The summed E-state index contributed by atoms with van der Waals surface area (Å²) in [4.78, 5) is 0.401. The normalized spacial score (nSPS) is 11.9. The zero-order valence-electron chi connectivity index (χ0n) is 12.7. The van der Waals surface area contributed by atoms with Crippen LogP contribution in [0.25, 0.3) is 0 Å². The Bertz CT molecular complexity index is 527. The lowest BCUT2D eigenvalue weighted by Crippen LogP contribution is -2.33. The lowest BCUT2D eigenvalue weighted by atomic mass is 10.1. The van der Waals surface area contributed by atoms with Crippen molar-refractivity contribution in [3.8, 4) is 0 Å². The van der Waals surface area contributed by atoms with Crippen molar-refractivity contribution < 1.29 is 8.42 Å². The van der Waals surface area contributed by atoms with E-state index in [0.29, 0.717) is 18.0 Å². The molecular formula is C14H25N3O2S. The third-order valence-electron chi connectivity index (χ3n) is 3.17. The first kappa shape index (κ1) is 16.9. The summed E-state index contributed by atoms with van der Waals surface area (Å²) in [6, 6.07) is 3.52. The standard InChI is InChI=1S/C14H25N3O2S/c1-5-7-17(8-6-2)20(18,19)14-11(3)9-13(16-15)10-12(14)4/h9-10,16H,5-8,15H2,1-4H3. The molecule has 3 N–H and O–H groups in total. The highest BCUT2D eigenvalue weighted by Crippen LogP contribution is 2.27. The van der Waals surface area contributed by atoms with Gasteiger partial charge < -0.3 is 5.43 Å². The van der Waals surface area contributed by atoms with Crippen LogP contribution in [0.4, 0.5) is 5.69 Å². The Balaban J connectivity index is 3.33. The highest BCUT2D eigenvalue weighted by Gasteiger charge is 2.26. The number of nitrogens with two attached hydrogens (primary N) is 1. The first-order valence-electron chi connectivity index (χ1n) is 6.96. The van der Waals surface area contributed by atoms with Gasteiger partial charge in [0.1, 0.15) is 0 Å². The molecule has 1 aromatic carbocycles. The van der Waals surface area contributed by atoms with Crippen LogP contribution in [0.1, 0.15) is 37.8 Å². The fourth-order valence-corrected chi connectivity index (χ4v) is 4.46. The summed E-state index contributed by atoms with van der Waals surface area (Å²) in [5.41, 5.74) is 4.71. The third kappa shape index (κ3) is 3.50. The quantitative estimate of drug-likeness (QED) is 0.599. The molecule has 0 aromatic heterocycles. The molecule has 5 nitrogen and oxygen atoms in total. The number of nitrogens with zero attached hydrogens (tertiary/aromatic N) is 1. The Kier molecular flexibility index (Phi) is 5.98. The second kappa shape index (κ2) is 7.06. The molecule has 0 saturated heterocycles. The van der Waals surface area contributed by atoms with E-state index < -0.39 is 10.0 Å². The minimum Gasteiger partial charge on any atom is -0.324 e. The summed E-state index contributed by atoms with van der Waals surface area (Å²) in [5.74, 6) is 5.39. The first-order chi connectivity index (χ1) is 9.38. The maximum absolute atomic E-state index is 12.8. The lowest BCUT2D eigenvalue weighted by Gasteiger charge is -2.23. The Morgan fingerprint density at radius 2 is 1.55 bits per heavy atom. The van der Waals surface area contributed by atoms with Crippen LogP contribution in [0.2, 0.25) is 0 Å². The van der Waals surface area contributed by atoms with Crippen LogP contribution in [0.5, 0.6) is 0 Å². The SMILES string of the molecule is CCCN(CCC)S(=O)(=O)c1c(C)cc(NN)cc1C. The second-order valence-corrected chi connectivity index (χ2v) is 6.86. The third-order valence-corrected chi connectivity index (χ3v) is 5.38. The van der Waals surface area contributed by atoms with Crippen molar-refractivity contribution in [1.82, 2.24) is 4.31 Å². The topological polar surface area (TPSA) is 75.4 Å². The van der Waals surface area contributed by atoms with E-state index in [4.69, 9.17) is 5.84 Å². The molecule has 1 rings (SSSR count). The Morgan fingerprint density at radius 3 is 1.90 bits per heavy atom. The van der Waals surface area contributed by atoms with Crippen LogP contribution >= 0.6 is 0 Å². The van der Waals surface area contributed by atoms with Crippen molar-refractivity contribution in [1.29, 1.82) is 0 Å². The number of hydrogen-bond donors (Lipinski definition) is 2. The molecule has 114 valence electrons. The van der Waals surface area contributed by atoms with Gasteiger partial charge in [-0.2, -0.15) is 4.31 Å². The number of aryl methyl sites for hydroxylation is 2. The van der Waals surface area contributed by atoms with Gasteiger partial charge in [-0.1, -0.05) is 13.8 Å². The van der Waals surface area contributed by atoms with Crippen LogP contribution in [0, 0.1) is 13.8 Å². The summed E-state index contributed by atoms with van der Waals surface area (Å²) in [6.45, 7) is 8.67. The molecule has 0 amide bonds. The number of hydrazine groups is 1. The van der Waals surface area contributed by atoms with Crippen LogP contribution in [-0.4, -0.2) is 25.8 Å². The molecule has 0 heterocycles. The van der Waals surface area contributed by atoms with Crippen molar-refractivity contribution in [2.45, 2.75) is 45.4 Å². The number of benzene rings is 1. The van der Waals surface area contributed by atoms with Crippen molar-refractivity contribution in [3.05, 3.63) is 23.3 Å². The van der Waals surface area contributed by atoms with Crippen LogP contribution in [0.15, 0.2) is 17.0 Å². The average Bonchev–Trinajstić information content (AvgIpc) is 2.37. The summed E-state index contributed by atoms with van der Waals surface area (Å²) in [7, 11) is -3.45. The molecule has 0 saturated carbocycles. The zero-order chi connectivity index (χ0) is 15.3. The van der Waals surface area contributed by atoms with Crippen molar-refractivity contribution in [2.75, 3.05) is 18.5 Å². The van der Waals surface area contributed by atoms with E-state index in [9.17, 15) is 8.42 Å². The van der Waals surface area contributed by atoms with Gasteiger partial charge in [-0.3, -0.25) is 5.84 Å². The summed E-state index contributed by atoms with van der Waals surface area (Å²) in [5, 5.41) is 0. The minimum absolute atomic E-state index is 0.401. The molecule has 0 atom stereocenters.